The van der Waals surface area contributed by atoms with Crippen molar-refractivity contribution in [1.82, 2.24) is 10.6 Å². The van der Waals surface area contributed by atoms with Crippen molar-refractivity contribution in [2.45, 2.75) is 31.6 Å². The molecule has 100 valence electrons. The van der Waals surface area contributed by atoms with Gasteiger partial charge in [0.05, 0.1) is 11.9 Å². The molecule has 1 aliphatic rings. The molecule has 1 amide bonds. The van der Waals surface area contributed by atoms with Gasteiger partial charge in [0, 0.05) is 30.0 Å². The molecular formula is C11H22N2O3S. The standard InChI is InChI=1S/C11H22N2O3S/c1-3-12-9-5-6-16-7-10(9)17(15)8-11(14)13-4-2/h9-10,12H,3-8H2,1-2H3,(H,13,14). The lowest BCUT2D eigenvalue weighted by Crippen LogP contribution is -2.50. The van der Waals surface area contributed by atoms with Gasteiger partial charge in [-0.2, -0.15) is 0 Å². The summed E-state index contributed by atoms with van der Waals surface area (Å²) >= 11 is 0. The largest absolute Gasteiger partial charge is 0.380 e. The van der Waals surface area contributed by atoms with Crippen LogP contribution >= 0.6 is 0 Å². The zero-order valence-corrected chi connectivity index (χ0v) is 11.3. The highest BCUT2D eigenvalue weighted by Crippen LogP contribution is 2.13. The van der Waals surface area contributed by atoms with Crippen LogP contribution in [0.5, 0.6) is 0 Å². The Kier molecular flexibility index (Phi) is 6.69. The van der Waals surface area contributed by atoms with E-state index in [0.717, 1.165) is 13.0 Å². The molecule has 0 bridgehead atoms. The van der Waals surface area contributed by atoms with Crippen LogP contribution < -0.4 is 10.6 Å². The second-order valence-corrected chi connectivity index (χ2v) is 5.70. The minimum Gasteiger partial charge on any atom is -0.380 e. The fourth-order valence-electron chi connectivity index (χ4n) is 1.95. The van der Waals surface area contributed by atoms with Crippen LogP contribution in [0.4, 0.5) is 0 Å². The molecule has 0 aliphatic carbocycles. The molecule has 0 radical (unpaired) electrons. The van der Waals surface area contributed by atoms with Gasteiger partial charge in [-0.25, -0.2) is 0 Å². The predicted octanol–water partition coefficient (Wildman–Crippen LogP) is -0.362. The minimum absolute atomic E-state index is 0.0732. The highest BCUT2D eigenvalue weighted by Gasteiger charge is 2.30. The maximum Gasteiger partial charge on any atom is 0.232 e. The number of carbonyl (C=O) groups excluding carboxylic acids is 1. The summed E-state index contributed by atoms with van der Waals surface area (Å²) in [4.78, 5) is 11.4. The average Bonchev–Trinajstić information content (AvgIpc) is 2.30. The SMILES string of the molecule is CCNC(=O)CS(=O)C1COCCC1NCC. The highest BCUT2D eigenvalue weighted by molar-refractivity contribution is 7.86. The molecule has 1 heterocycles. The summed E-state index contributed by atoms with van der Waals surface area (Å²) in [6, 6.07) is 0.198. The first-order chi connectivity index (χ1) is 8.19. The van der Waals surface area contributed by atoms with Crippen LogP contribution in [-0.4, -0.2) is 53.5 Å². The van der Waals surface area contributed by atoms with Crippen LogP contribution in [0.25, 0.3) is 0 Å². The maximum absolute atomic E-state index is 12.1. The Balaban J connectivity index is 2.49. The zero-order valence-electron chi connectivity index (χ0n) is 10.5. The lowest BCUT2D eigenvalue weighted by atomic mass is 10.1. The topological polar surface area (TPSA) is 67.4 Å². The van der Waals surface area contributed by atoms with Crippen molar-refractivity contribution in [3.8, 4) is 0 Å². The molecule has 1 rings (SSSR count). The van der Waals surface area contributed by atoms with Crippen molar-refractivity contribution in [2.24, 2.45) is 0 Å². The van der Waals surface area contributed by atoms with Gasteiger partial charge in [-0.05, 0) is 19.9 Å². The van der Waals surface area contributed by atoms with Gasteiger partial charge in [0.1, 0.15) is 5.75 Å². The molecular weight excluding hydrogens is 240 g/mol. The van der Waals surface area contributed by atoms with E-state index in [1.807, 2.05) is 13.8 Å². The molecule has 2 N–H and O–H groups in total. The van der Waals surface area contributed by atoms with Gasteiger partial charge in [0.25, 0.3) is 0 Å². The van der Waals surface area contributed by atoms with Crippen LogP contribution in [0.2, 0.25) is 0 Å². The van der Waals surface area contributed by atoms with Crippen LogP contribution in [0, 0.1) is 0 Å². The average molecular weight is 262 g/mol. The van der Waals surface area contributed by atoms with Crippen molar-refractivity contribution in [2.75, 3.05) is 32.1 Å². The number of amides is 1. The lowest BCUT2D eigenvalue weighted by molar-refractivity contribution is -0.118. The fraction of sp³-hybridized carbons (Fsp3) is 0.909. The lowest BCUT2D eigenvalue weighted by Gasteiger charge is -2.31. The first kappa shape index (κ1) is 14.6. The van der Waals surface area contributed by atoms with Crippen molar-refractivity contribution in [1.29, 1.82) is 0 Å². The van der Waals surface area contributed by atoms with Gasteiger partial charge in [-0.3, -0.25) is 9.00 Å². The van der Waals surface area contributed by atoms with E-state index in [1.165, 1.54) is 0 Å². The van der Waals surface area contributed by atoms with E-state index in [1.54, 1.807) is 0 Å². The Labute approximate surface area is 105 Å². The molecule has 0 aromatic rings. The summed E-state index contributed by atoms with van der Waals surface area (Å²) in [6.07, 6.45) is 0.861. The summed E-state index contributed by atoms with van der Waals surface area (Å²) in [5.41, 5.74) is 0. The van der Waals surface area contributed by atoms with E-state index in [4.69, 9.17) is 4.74 Å². The van der Waals surface area contributed by atoms with Crippen LogP contribution in [0.3, 0.4) is 0 Å². The molecule has 0 saturated carbocycles. The Morgan fingerprint density at radius 1 is 1.41 bits per heavy atom. The quantitative estimate of drug-likeness (QED) is 0.686. The summed E-state index contributed by atoms with van der Waals surface area (Å²) in [6.45, 7) is 6.48. The van der Waals surface area contributed by atoms with Crippen LogP contribution in [-0.2, 0) is 20.3 Å². The molecule has 1 saturated heterocycles. The molecule has 0 spiro atoms. The predicted molar refractivity (Wildman–Crippen MR) is 68.4 cm³/mol. The minimum atomic E-state index is -1.17. The molecule has 3 atom stereocenters. The van der Waals surface area contributed by atoms with E-state index in [9.17, 15) is 9.00 Å². The number of nitrogens with one attached hydrogen (secondary N) is 2. The third kappa shape index (κ3) is 4.73. The molecule has 1 aliphatic heterocycles. The summed E-state index contributed by atoms with van der Waals surface area (Å²) in [5, 5.41) is 5.91. The molecule has 17 heavy (non-hydrogen) atoms. The second kappa shape index (κ2) is 7.79. The van der Waals surface area contributed by atoms with E-state index in [0.29, 0.717) is 19.8 Å². The van der Waals surface area contributed by atoms with Crippen molar-refractivity contribution in [3.05, 3.63) is 0 Å². The van der Waals surface area contributed by atoms with Crippen molar-refractivity contribution >= 4 is 16.7 Å². The van der Waals surface area contributed by atoms with Gasteiger partial charge < -0.3 is 15.4 Å². The van der Waals surface area contributed by atoms with Gasteiger partial charge >= 0.3 is 0 Å². The third-order valence-electron chi connectivity index (χ3n) is 2.76. The summed E-state index contributed by atoms with van der Waals surface area (Å²) in [5.74, 6) is -0.0734. The van der Waals surface area contributed by atoms with E-state index in [2.05, 4.69) is 10.6 Å². The normalized spacial score (nSPS) is 26.5. The highest BCUT2D eigenvalue weighted by atomic mass is 32.2. The number of carbonyl (C=O) groups is 1. The van der Waals surface area contributed by atoms with Crippen molar-refractivity contribution < 1.29 is 13.7 Å². The van der Waals surface area contributed by atoms with Gasteiger partial charge in [-0.1, -0.05) is 6.92 Å². The number of hydrogen-bond acceptors (Lipinski definition) is 4. The first-order valence-corrected chi connectivity index (χ1v) is 7.52. The number of ether oxygens (including phenoxy) is 1. The molecule has 5 nitrogen and oxygen atoms in total. The number of rotatable bonds is 6. The first-order valence-electron chi connectivity index (χ1n) is 6.14. The van der Waals surface area contributed by atoms with Crippen molar-refractivity contribution in [3.63, 3.8) is 0 Å². The summed E-state index contributed by atoms with van der Waals surface area (Å²) in [7, 11) is -1.17. The van der Waals surface area contributed by atoms with Crippen LogP contribution in [0.1, 0.15) is 20.3 Å². The van der Waals surface area contributed by atoms with E-state index in [-0.39, 0.29) is 23.0 Å². The molecule has 3 unspecified atom stereocenters. The summed E-state index contributed by atoms with van der Waals surface area (Å²) < 4.78 is 17.5. The second-order valence-electron chi connectivity index (χ2n) is 4.04. The maximum atomic E-state index is 12.1. The van der Waals surface area contributed by atoms with Crippen LogP contribution in [0.15, 0.2) is 0 Å². The Morgan fingerprint density at radius 3 is 2.82 bits per heavy atom. The molecule has 0 aromatic carbocycles. The monoisotopic (exact) mass is 262 g/mol. The van der Waals surface area contributed by atoms with Gasteiger partial charge in [-0.15, -0.1) is 0 Å². The smallest absolute Gasteiger partial charge is 0.232 e. The third-order valence-corrected chi connectivity index (χ3v) is 4.44. The van der Waals surface area contributed by atoms with E-state index >= 15 is 0 Å². The fourth-order valence-corrected chi connectivity index (χ4v) is 3.37. The molecule has 0 aromatic heterocycles. The Morgan fingerprint density at radius 2 is 2.18 bits per heavy atom. The van der Waals surface area contributed by atoms with E-state index < -0.39 is 10.8 Å². The Hall–Kier alpha value is -0.460. The molecule has 1 fully saturated rings. The Bertz CT molecular complexity index is 271. The zero-order chi connectivity index (χ0) is 12.7. The molecule has 6 heteroatoms. The van der Waals surface area contributed by atoms with Gasteiger partial charge in [0.2, 0.25) is 5.91 Å². The number of hydrogen-bond donors (Lipinski definition) is 2. The van der Waals surface area contributed by atoms with Gasteiger partial charge in [0.15, 0.2) is 0 Å².